The van der Waals surface area contributed by atoms with Crippen LogP contribution in [0.2, 0.25) is 10.0 Å². The number of rotatable bonds is 4. The average molecular weight is 431 g/mol. The molecule has 1 aliphatic rings. The van der Waals surface area contributed by atoms with Crippen LogP contribution >= 0.6 is 23.2 Å². The van der Waals surface area contributed by atoms with Crippen molar-refractivity contribution in [1.29, 1.82) is 0 Å². The fourth-order valence-corrected chi connectivity index (χ4v) is 3.41. The van der Waals surface area contributed by atoms with E-state index < -0.39 is 10.9 Å². The molecule has 0 saturated heterocycles. The maximum atomic E-state index is 11.5. The summed E-state index contributed by atoms with van der Waals surface area (Å²) in [5, 5.41) is 24.5. The topological polar surface area (TPSA) is 102 Å². The van der Waals surface area contributed by atoms with E-state index >= 15 is 0 Å². The van der Waals surface area contributed by atoms with Crippen molar-refractivity contribution in [3.8, 4) is 11.5 Å². The first-order valence-electron chi connectivity index (χ1n) is 8.39. The van der Waals surface area contributed by atoms with E-state index in [1.807, 2.05) is 12.1 Å². The van der Waals surface area contributed by atoms with Gasteiger partial charge in [0.15, 0.2) is 11.5 Å². The van der Waals surface area contributed by atoms with E-state index in [9.17, 15) is 20.0 Å². The number of hydrogen-bond acceptors (Lipinski definition) is 5. The molecule has 9 heteroatoms. The molecule has 1 heterocycles. The molecule has 0 saturated carbocycles. The fourth-order valence-electron chi connectivity index (χ4n) is 3.09. The molecule has 4 rings (SSSR count). The van der Waals surface area contributed by atoms with Gasteiger partial charge in [0.25, 0.3) is 5.69 Å². The van der Waals surface area contributed by atoms with E-state index in [1.54, 1.807) is 24.3 Å². The van der Waals surface area contributed by atoms with Crippen molar-refractivity contribution in [1.82, 2.24) is 0 Å². The summed E-state index contributed by atoms with van der Waals surface area (Å²) in [5.74, 6) is -0.775. The number of nitro groups is 1. The Morgan fingerprint density at radius 2 is 1.76 bits per heavy atom. The van der Waals surface area contributed by atoms with Crippen LogP contribution < -0.4 is 10.1 Å². The normalized spacial score (nSPS) is 11.7. The van der Waals surface area contributed by atoms with Gasteiger partial charge in [0.05, 0.1) is 38.0 Å². The van der Waals surface area contributed by atoms with Gasteiger partial charge >= 0.3 is 5.97 Å². The Balaban J connectivity index is 1.68. The quantitative estimate of drug-likeness (QED) is 0.302. The SMILES string of the molecule is O=C(O)c1cc([N+](=O)[O-])cc2c1Nc1ccc(Cc3ccc(Cl)c(Cl)c3)cc1O2. The van der Waals surface area contributed by atoms with Crippen molar-refractivity contribution in [2.24, 2.45) is 0 Å². The number of nitrogens with one attached hydrogen (secondary N) is 1. The Labute approximate surface area is 174 Å². The van der Waals surface area contributed by atoms with E-state index in [1.165, 1.54) is 6.07 Å². The number of carboxylic acids is 1. The van der Waals surface area contributed by atoms with Gasteiger partial charge in [0, 0.05) is 6.07 Å². The molecule has 29 heavy (non-hydrogen) atoms. The third-order valence-electron chi connectivity index (χ3n) is 4.45. The lowest BCUT2D eigenvalue weighted by molar-refractivity contribution is -0.384. The van der Waals surface area contributed by atoms with Gasteiger partial charge < -0.3 is 15.2 Å². The number of carbonyl (C=O) groups is 1. The van der Waals surface area contributed by atoms with Gasteiger partial charge in [0.2, 0.25) is 0 Å². The van der Waals surface area contributed by atoms with Crippen LogP contribution in [0.25, 0.3) is 0 Å². The Morgan fingerprint density at radius 1 is 1.03 bits per heavy atom. The number of carboxylic acid groups (broad SMARTS) is 1. The second-order valence-corrected chi connectivity index (χ2v) is 7.23. The van der Waals surface area contributed by atoms with Crippen molar-refractivity contribution >= 4 is 46.2 Å². The van der Waals surface area contributed by atoms with Gasteiger partial charge in [-0.05, 0) is 41.8 Å². The van der Waals surface area contributed by atoms with E-state index in [4.69, 9.17) is 27.9 Å². The van der Waals surface area contributed by atoms with Gasteiger partial charge in [-0.1, -0.05) is 35.3 Å². The molecule has 0 atom stereocenters. The number of nitrogens with zero attached hydrogens (tertiary/aromatic N) is 1. The first kappa shape index (κ1) is 19.0. The van der Waals surface area contributed by atoms with Crippen LogP contribution in [0.4, 0.5) is 17.1 Å². The lowest BCUT2D eigenvalue weighted by Gasteiger charge is -2.23. The minimum Gasteiger partial charge on any atom is -0.478 e. The monoisotopic (exact) mass is 430 g/mol. The van der Waals surface area contributed by atoms with E-state index in [-0.39, 0.29) is 22.7 Å². The predicted octanol–water partition coefficient (Wildman–Crippen LogP) is 6.04. The molecule has 1 aliphatic heterocycles. The Hall–Kier alpha value is -3.29. The van der Waals surface area contributed by atoms with Crippen LogP contribution in [0.5, 0.6) is 11.5 Å². The highest BCUT2D eigenvalue weighted by atomic mass is 35.5. The van der Waals surface area contributed by atoms with Crippen LogP contribution in [-0.2, 0) is 6.42 Å². The highest BCUT2D eigenvalue weighted by Gasteiger charge is 2.26. The molecule has 0 radical (unpaired) electrons. The number of aromatic carboxylic acids is 1. The minimum atomic E-state index is -1.29. The molecule has 0 aliphatic carbocycles. The van der Waals surface area contributed by atoms with Gasteiger partial charge in [-0.25, -0.2) is 4.79 Å². The summed E-state index contributed by atoms with van der Waals surface area (Å²) in [7, 11) is 0. The van der Waals surface area contributed by atoms with Crippen LogP contribution in [0, 0.1) is 10.1 Å². The van der Waals surface area contributed by atoms with E-state index in [0.29, 0.717) is 27.9 Å². The zero-order chi connectivity index (χ0) is 20.7. The van der Waals surface area contributed by atoms with Crippen LogP contribution in [0.15, 0.2) is 48.5 Å². The molecule has 146 valence electrons. The number of halogens is 2. The Kier molecular flexibility index (Phi) is 4.77. The highest BCUT2D eigenvalue weighted by Crippen LogP contribution is 2.46. The third-order valence-corrected chi connectivity index (χ3v) is 5.19. The van der Waals surface area contributed by atoms with Crippen molar-refractivity contribution in [2.45, 2.75) is 6.42 Å². The zero-order valence-electron chi connectivity index (χ0n) is 14.6. The average Bonchev–Trinajstić information content (AvgIpc) is 2.68. The number of hydrogen-bond donors (Lipinski definition) is 2. The number of fused-ring (bicyclic) bond motifs is 2. The molecule has 3 aromatic rings. The second kappa shape index (κ2) is 7.27. The molecule has 0 bridgehead atoms. The molecule has 2 N–H and O–H groups in total. The zero-order valence-corrected chi connectivity index (χ0v) is 16.1. The maximum absolute atomic E-state index is 11.5. The van der Waals surface area contributed by atoms with E-state index in [2.05, 4.69) is 5.32 Å². The number of benzene rings is 3. The fraction of sp³-hybridized carbons (Fsp3) is 0.0500. The molecule has 0 amide bonds. The number of non-ortho nitro benzene ring substituents is 1. The lowest BCUT2D eigenvalue weighted by atomic mass is 10.0. The van der Waals surface area contributed by atoms with Gasteiger partial charge in [-0.15, -0.1) is 0 Å². The van der Waals surface area contributed by atoms with Crippen molar-refractivity contribution in [3.05, 3.63) is 85.4 Å². The lowest BCUT2D eigenvalue weighted by Crippen LogP contribution is -2.10. The minimum absolute atomic E-state index is 0.0794. The summed E-state index contributed by atoms with van der Waals surface area (Å²) >= 11 is 12.0. The number of nitro benzene ring substituents is 1. The Morgan fingerprint density at radius 3 is 2.45 bits per heavy atom. The van der Waals surface area contributed by atoms with Crippen molar-refractivity contribution in [3.63, 3.8) is 0 Å². The summed E-state index contributed by atoms with van der Waals surface area (Å²) in [4.78, 5) is 22.0. The first-order valence-corrected chi connectivity index (χ1v) is 9.15. The van der Waals surface area contributed by atoms with Crippen LogP contribution in [0.3, 0.4) is 0 Å². The van der Waals surface area contributed by atoms with Crippen molar-refractivity contribution < 1.29 is 19.6 Å². The highest BCUT2D eigenvalue weighted by molar-refractivity contribution is 6.42. The molecule has 0 aromatic heterocycles. The van der Waals surface area contributed by atoms with Crippen LogP contribution in [0.1, 0.15) is 21.5 Å². The van der Waals surface area contributed by atoms with E-state index in [0.717, 1.165) is 17.2 Å². The van der Waals surface area contributed by atoms with Gasteiger partial charge in [0.1, 0.15) is 0 Å². The molecule has 0 spiro atoms. The molecular weight excluding hydrogens is 419 g/mol. The molecule has 3 aromatic carbocycles. The summed E-state index contributed by atoms with van der Waals surface area (Å²) < 4.78 is 5.80. The number of ether oxygens (including phenoxy) is 1. The molecule has 7 nitrogen and oxygen atoms in total. The van der Waals surface area contributed by atoms with Gasteiger partial charge in [-0.3, -0.25) is 10.1 Å². The molecular formula is C20H12Cl2N2O5. The summed E-state index contributed by atoms with van der Waals surface area (Å²) in [6, 6.07) is 13.0. The maximum Gasteiger partial charge on any atom is 0.338 e. The largest absolute Gasteiger partial charge is 0.478 e. The molecule has 0 fully saturated rings. The number of anilines is 2. The first-order chi connectivity index (χ1) is 13.8. The third kappa shape index (κ3) is 3.70. The summed E-state index contributed by atoms with van der Waals surface area (Å²) in [5.41, 5.74) is 2.00. The Bertz CT molecular complexity index is 1180. The second-order valence-electron chi connectivity index (χ2n) is 6.41. The standard InChI is InChI=1S/C20H12Cl2N2O5/c21-14-3-1-10(6-15(14)22)5-11-2-4-16-17(7-11)29-18-9-12(24(27)28)8-13(20(25)26)19(18)23-16/h1-4,6-9,23H,5H2,(H,25,26). The van der Waals surface area contributed by atoms with Crippen LogP contribution in [-0.4, -0.2) is 16.0 Å². The summed E-state index contributed by atoms with van der Waals surface area (Å²) in [6.45, 7) is 0. The smallest absolute Gasteiger partial charge is 0.338 e. The summed E-state index contributed by atoms with van der Waals surface area (Å²) in [6.07, 6.45) is 0.565. The molecule has 0 unspecified atom stereocenters. The predicted molar refractivity (Wildman–Crippen MR) is 109 cm³/mol. The van der Waals surface area contributed by atoms with Crippen molar-refractivity contribution in [2.75, 3.05) is 5.32 Å². The van der Waals surface area contributed by atoms with Gasteiger partial charge in [-0.2, -0.15) is 0 Å².